The van der Waals surface area contributed by atoms with Crippen molar-refractivity contribution in [3.63, 3.8) is 0 Å². The van der Waals surface area contributed by atoms with Crippen molar-refractivity contribution < 1.29 is 9.53 Å². The van der Waals surface area contributed by atoms with Gasteiger partial charge in [0, 0.05) is 31.2 Å². The maximum absolute atomic E-state index is 13.1. The van der Waals surface area contributed by atoms with Gasteiger partial charge in [-0.05, 0) is 49.4 Å². The van der Waals surface area contributed by atoms with Gasteiger partial charge in [0.15, 0.2) is 5.69 Å². The van der Waals surface area contributed by atoms with Crippen LogP contribution in [-0.2, 0) is 0 Å². The Hall–Kier alpha value is -2.83. The fourth-order valence-corrected chi connectivity index (χ4v) is 3.51. The number of halogens is 1. The van der Waals surface area contributed by atoms with Crippen LogP contribution in [-0.4, -0.2) is 53.4 Å². The molecule has 29 heavy (non-hydrogen) atoms. The van der Waals surface area contributed by atoms with Crippen LogP contribution in [0, 0.1) is 0 Å². The van der Waals surface area contributed by atoms with Gasteiger partial charge in [-0.3, -0.25) is 4.79 Å². The number of piperazine rings is 1. The second-order valence-corrected chi connectivity index (χ2v) is 6.94. The molecular weight excluding hydrogens is 388 g/mol. The van der Waals surface area contributed by atoms with E-state index in [1.54, 1.807) is 7.11 Å². The van der Waals surface area contributed by atoms with Crippen LogP contribution in [0.1, 0.15) is 17.4 Å². The first-order valence-corrected chi connectivity index (χ1v) is 9.49. The standard InChI is InChI=1S/C22H24N4O2.ClH/c1-16-15-23-12-13-25(16)22(27)20-14-21(17-8-10-19(28-2)11-9-17)26(24-20)18-6-4-3-5-7-18;/h3-11,14,16,23H,12-13,15H2,1-2H3;1H/t16-;/m1./s1. The molecule has 0 saturated carbocycles. The molecule has 1 atom stereocenters. The first kappa shape index (κ1) is 20.9. The highest BCUT2D eigenvalue weighted by Crippen LogP contribution is 2.27. The summed E-state index contributed by atoms with van der Waals surface area (Å²) in [5.41, 5.74) is 3.23. The van der Waals surface area contributed by atoms with E-state index in [1.807, 2.05) is 70.2 Å². The van der Waals surface area contributed by atoms with Crippen molar-refractivity contribution in [2.45, 2.75) is 13.0 Å². The maximum atomic E-state index is 13.1. The number of aromatic nitrogens is 2. The molecule has 1 aromatic heterocycles. The summed E-state index contributed by atoms with van der Waals surface area (Å²) in [6.45, 7) is 4.36. The number of nitrogens with one attached hydrogen (secondary N) is 1. The van der Waals surface area contributed by atoms with E-state index in [0.29, 0.717) is 12.2 Å². The Morgan fingerprint density at radius 1 is 1.14 bits per heavy atom. The Kier molecular flexibility index (Phi) is 6.56. The Morgan fingerprint density at radius 2 is 1.86 bits per heavy atom. The first-order chi connectivity index (χ1) is 13.7. The summed E-state index contributed by atoms with van der Waals surface area (Å²) in [5, 5.41) is 8.00. The third-order valence-corrected chi connectivity index (χ3v) is 5.08. The summed E-state index contributed by atoms with van der Waals surface area (Å²) in [6, 6.07) is 19.7. The second-order valence-electron chi connectivity index (χ2n) is 6.94. The van der Waals surface area contributed by atoms with Crippen LogP contribution in [0.5, 0.6) is 5.75 Å². The van der Waals surface area contributed by atoms with Gasteiger partial charge < -0.3 is 15.0 Å². The van der Waals surface area contributed by atoms with Gasteiger partial charge in [-0.1, -0.05) is 18.2 Å². The third kappa shape index (κ3) is 4.28. The van der Waals surface area contributed by atoms with Crippen LogP contribution in [0.15, 0.2) is 60.7 Å². The highest BCUT2D eigenvalue weighted by Gasteiger charge is 2.27. The minimum absolute atomic E-state index is 0. The van der Waals surface area contributed by atoms with E-state index in [4.69, 9.17) is 4.74 Å². The van der Waals surface area contributed by atoms with Crippen LogP contribution in [0.2, 0.25) is 0 Å². The largest absolute Gasteiger partial charge is 0.497 e. The molecule has 0 bridgehead atoms. The SMILES string of the molecule is COc1ccc(-c2cc(C(=O)N3CCNC[C@H]3C)nn2-c2ccccc2)cc1.Cl. The topological polar surface area (TPSA) is 59.4 Å². The molecule has 1 fully saturated rings. The van der Waals surface area contributed by atoms with Gasteiger partial charge in [-0.15, -0.1) is 12.4 Å². The Morgan fingerprint density at radius 3 is 2.52 bits per heavy atom. The average molecular weight is 413 g/mol. The van der Waals surface area contributed by atoms with Gasteiger partial charge in [-0.25, -0.2) is 4.68 Å². The van der Waals surface area contributed by atoms with Crippen molar-refractivity contribution in [2.24, 2.45) is 0 Å². The molecule has 0 aliphatic carbocycles. The van der Waals surface area contributed by atoms with E-state index in [1.165, 1.54) is 0 Å². The molecular formula is C22H25ClN4O2. The zero-order valence-corrected chi connectivity index (χ0v) is 17.4. The van der Waals surface area contributed by atoms with Gasteiger partial charge in [0.05, 0.1) is 18.5 Å². The Balaban J connectivity index is 0.00000240. The number of methoxy groups -OCH3 is 1. The summed E-state index contributed by atoms with van der Waals surface area (Å²) in [6.07, 6.45) is 0. The van der Waals surface area contributed by atoms with Crippen LogP contribution in [0.4, 0.5) is 0 Å². The number of para-hydroxylation sites is 1. The Labute approximate surface area is 176 Å². The fourth-order valence-electron chi connectivity index (χ4n) is 3.51. The lowest BCUT2D eigenvalue weighted by Crippen LogP contribution is -2.52. The lowest BCUT2D eigenvalue weighted by atomic mass is 10.1. The molecule has 1 aliphatic heterocycles. The summed E-state index contributed by atoms with van der Waals surface area (Å²) in [7, 11) is 1.65. The number of rotatable bonds is 4. The van der Waals surface area contributed by atoms with Gasteiger partial charge >= 0.3 is 0 Å². The van der Waals surface area contributed by atoms with Gasteiger partial charge in [-0.2, -0.15) is 5.10 Å². The van der Waals surface area contributed by atoms with Crippen molar-refractivity contribution >= 4 is 18.3 Å². The van der Waals surface area contributed by atoms with Crippen LogP contribution in [0.25, 0.3) is 16.9 Å². The fraction of sp³-hybridized carbons (Fsp3) is 0.273. The summed E-state index contributed by atoms with van der Waals surface area (Å²) < 4.78 is 7.10. The summed E-state index contributed by atoms with van der Waals surface area (Å²) in [5.74, 6) is 0.763. The third-order valence-electron chi connectivity index (χ3n) is 5.08. The molecule has 1 N–H and O–H groups in total. The zero-order chi connectivity index (χ0) is 19.5. The van der Waals surface area contributed by atoms with Gasteiger partial charge in [0.25, 0.3) is 5.91 Å². The van der Waals surface area contributed by atoms with E-state index < -0.39 is 0 Å². The zero-order valence-electron chi connectivity index (χ0n) is 16.5. The number of carbonyl (C=O) groups excluding carboxylic acids is 1. The molecule has 2 aromatic carbocycles. The molecule has 7 heteroatoms. The number of amides is 1. The molecule has 4 rings (SSSR count). The smallest absolute Gasteiger partial charge is 0.274 e. The molecule has 2 heterocycles. The van der Waals surface area contributed by atoms with Crippen LogP contribution < -0.4 is 10.1 Å². The minimum atomic E-state index is -0.0292. The minimum Gasteiger partial charge on any atom is -0.497 e. The number of hydrogen-bond acceptors (Lipinski definition) is 4. The summed E-state index contributed by atoms with van der Waals surface area (Å²) >= 11 is 0. The predicted molar refractivity (Wildman–Crippen MR) is 116 cm³/mol. The molecule has 3 aromatic rings. The number of benzene rings is 2. The van der Waals surface area contributed by atoms with Crippen molar-refractivity contribution in [3.8, 4) is 22.7 Å². The van der Waals surface area contributed by atoms with Gasteiger partial charge in [0.1, 0.15) is 5.75 Å². The Bertz CT molecular complexity index is 957. The molecule has 6 nitrogen and oxygen atoms in total. The number of hydrogen-bond donors (Lipinski definition) is 1. The van der Waals surface area contributed by atoms with Crippen molar-refractivity contribution in [2.75, 3.05) is 26.7 Å². The molecule has 1 amide bonds. The molecule has 0 spiro atoms. The van der Waals surface area contributed by atoms with Crippen molar-refractivity contribution in [1.29, 1.82) is 0 Å². The van der Waals surface area contributed by atoms with E-state index >= 15 is 0 Å². The van der Waals surface area contributed by atoms with Crippen molar-refractivity contribution in [3.05, 3.63) is 66.4 Å². The first-order valence-electron chi connectivity index (χ1n) is 9.49. The number of ether oxygens (including phenoxy) is 1. The average Bonchev–Trinajstić information content (AvgIpc) is 3.20. The maximum Gasteiger partial charge on any atom is 0.274 e. The molecule has 152 valence electrons. The summed E-state index contributed by atoms with van der Waals surface area (Å²) in [4.78, 5) is 15.0. The molecule has 1 saturated heterocycles. The van der Waals surface area contributed by atoms with Crippen LogP contribution in [0.3, 0.4) is 0 Å². The number of nitrogens with zero attached hydrogens (tertiary/aromatic N) is 3. The highest BCUT2D eigenvalue weighted by atomic mass is 35.5. The lowest BCUT2D eigenvalue weighted by molar-refractivity contribution is 0.0649. The normalized spacial score (nSPS) is 16.2. The van der Waals surface area contributed by atoms with E-state index in [0.717, 1.165) is 35.8 Å². The van der Waals surface area contributed by atoms with E-state index in [9.17, 15) is 4.79 Å². The van der Waals surface area contributed by atoms with Crippen LogP contribution >= 0.6 is 12.4 Å². The molecule has 0 radical (unpaired) electrons. The second kappa shape index (κ2) is 9.11. The lowest BCUT2D eigenvalue weighted by Gasteiger charge is -2.33. The molecule has 1 aliphatic rings. The van der Waals surface area contributed by atoms with Crippen molar-refractivity contribution in [1.82, 2.24) is 20.0 Å². The van der Waals surface area contributed by atoms with E-state index in [-0.39, 0.29) is 24.4 Å². The van der Waals surface area contributed by atoms with E-state index in [2.05, 4.69) is 17.3 Å². The van der Waals surface area contributed by atoms with Gasteiger partial charge in [0.2, 0.25) is 0 Å². The number of carbonyl (C=O) groups is 1. The highest BCUT2D eigenvalue weighted by molar-refractivity contribution is 5.94. The quantitative estimate of drug-likeness (QED) is 0.713. The monoisotopic (exact) mass is 412 g/mol. The molecule has 0 unspecified atom stereocenters. The predicted octanol–water partition coefficient (Wildman–Crippen LogP) is 3.40.